The lowest BCUT2D eigenvalue weighted by molar-refractivity contribution is 0.0699. The van der Waals surface area contributed by atoms with E-state index in [9.17, 15) is 9.90 Å². The minimum absolute atomic E-state index is 0.149. The number of benzene rings is 2. The predicted molar refractivity (Wildman–Crippen MR) is 111 cm³/mol. The molecule has 4 rings (SSSR count). The van der Waals surface area contributed by atoms with E-state index in [4.69, 9.17) is 4.74 Å². The summed E-state index contributed by atoms with van der Waals surface area (Å²) in [6.45, 7) is 2.00. The SMILES string of the molecule is COc1ccc(-c2cc(C(=O)O)c3c(-c4ccc(C)cc4)[nH]nc3n2)cc1Br. The maximum atomic E-state index is 12.0. The Kier molecular flexibility index (Phi) is 4.60. The zero-order valence-electron chi connectivity index (χ0n) is 15.2. The highest BCUT2D eigenvalue weighted by Gasteiger charge is 2.20. The molecule has 0 aliphatic rings. The minimum Gasteiger partial charge on any atom is -0.496 e. The highest BCUT2D eigenvalue weighted by atomic mass is 79.9. The smallest absolute Gasteiger partial charge is 0.336 e. The molecule has 28 heavy (non-hydrogen) atoms. The maximum Gasteiger partial charge on any atom is 0.336 e. The fourth-order valence-electron chi connectivity index (χ4n) is 3.10. The number of nitrogens with one attached hydrogen (secondary N) is 1. The van der Waals surface area contributed by atoms with Crippen molar-refractivity contribution in [3.8, 4) is 28.3 Å². The largest absolute Gasteiger partial charge is 0.496 e. The third-order valence-corrected chi connectivity index (χ3v) is 5.16. The number of halogens is 1. The zero-order chi connectivity index (χ0) is 19.8. The van der Waals surface area contributed by atoms with Crippen LogP contribution in [0.1, 0.15) is 15.9 Å². The molecule has 0 bridgehead atoms. The van der Waals surface area contributed by atoms with Crippen molar-refractivity contribution in [1.29, 1.82) is 0 Å². The molecule has 2 heterocycles. The van der Waals surface area contributed by atoms with Crippen LogP contribution < -0.4 is 4.74 Å². The number of aromatic carboxylic acids is 1. The normalized spacial score (nSPS) is 11.0. The van der Waals surface area contributed by atoms with E-state index in [2.05, 4.69) is 31.1 Å². The number of hydrogen-bond donors (Lipinski definition) is 2. The van der Waals surface area contributed by atoms with E-state index < -0.39 is 5.97 Å². The lowest BCUT2D eigenvalue weighted by Crippen LogP contribution is -2.00. The Morgan fingerprint density at radius 2 is 1.82 bits per heavy atom. The molecule has 0 aliphatic carbocycles. The van der Waals surface area contributed by atoms with Crippen LogP contribution in [0.2, 0.25) is 0 Å². The van der Waals surface area contributed by atoms with Gasteiger partial charge in [-0.3, -0.25) is 5.10 Å². The van der Waals surface area contributed by atoms with Gasteiger partial charge in [-0.25, -0.2) is 9.78 Å². The Labute approximate surface area is 169 Å². The number of aromatic nitrogens is 3. The topological polar surface area (TPSA) is 88.1 Å². The lowest BCUT2D eigenvalue weighted by Gasteiger charge is -2.08. The number of carboxylic acids is 1. The van der Waals surface area contributed by atoms with Crippen molar-refractivity contribution in [2.24, 2.45) is 0 Å². The summed E-state index contributed by atoms with van der Waals surface area (Å²) < 4.78 is 6.01. The molecule has 0 spiro atoms. The Morgan fingerprint density at radius 1 is 1.11 bits per heavy atom. The molecule has 0 saturated carbocycles. The van der Waals surface area contributed by atoms with Crippen LogP contribution in [0, 0.1) is 6.92 Å². The van der Waals surface area contributed by atoms with Crippen molar-refractivity contribution < 1.29 is 14.6 Å². The summed E-state index contributed by atoms with van der Waals surface area (Å²) in [5.74, 6) is -0.347. The van der Waals surface area contributed by atoms with Gasteiger partial charge in [0.15, 0.2) is 5.65 Å². The highest BCUT2D eigenvalue weighted by Crippen LogP contribution is 2.34. The van der Waals surface area contributed by atoms with E-state index in [1.165, 1.54) is 0 Å². The third-order valence-electron chi connectivity index (χ3n) is 4.54. The van der Waals surface area contributed by atoms with Gasteiger partial charge in [-0.1, -0.05) is 29.8 Å². The van der Waals surface area contributed by atoms with Crippen molar-refractivity contribution in [3.05, 3.63) is 64.1 Å². The van der Waals surface area contributed by atoms with Crippen molar-refractivity contribution >= 4 is 32.9 Å². The van der Waals surface area contributed by atoms with Crippen molar-refractivity contribution in [2.75, 3.05) is 7.11 Å². The number of nitrogens with zero attached hydrogens (tertiary/aromatic N) is 2. The van der Waals surface area contributed by atoms with Gasteiger partial charge in [-0.15, -0.1) is 0 Å². The molecule has 0 unspecified atom stereocenters. The zero-order valence-corrected chi connectivity index (χ0v) is 16.7. The van der Waals surface area contributed by atoms with Crippen molar-refractivity contribution in [3.63, 3.8) is 0 Å². The molecular formula is C21H16BrN3O3. The molecule has 0 radical (unpaired) electrons. The van der Waals surface area contributed by atoms with Gasteiger partial charge in [0, 0.05) is 11.1 Å². The number of rotatable bonds is 4. The Morgan fingerprint density at radius 3 is 2.46 bits per heavy atom. The van der Waals surface area contributed by atoms with Crippen LogP contribution >= 0.6 is 15.9 Å². The van der Waals surface area contributed by atoms with Crippen LogP contribution in [0.25, 0.3) is 33.5 Å². The number of aromatic amines is 1. The van der Waals surface area contributed by atoms with E-state index in [0.717, 1.165) is 21.2 Å². The molecule has 2 aromatic carbocycles. The van der Waals surface area contributed by atoms with Gasteiger partial charge < -0.3 is 9.84 Å². The number of aryl methyl sites for hydroxylation is 1. The fourth-order valence-corrected chi connectivity index (χ4v) is 3.64. The molecule has 2 N–H and O–H groups in total. The third kappa shape index (κ3) is 3.14. The van der Waals surface area contributed by atoms with Crippen molar-refractivity contribution in [1.82, 2.24) is 15.2 Å². The first-order valence-corrected chi connectivity index (χ1v) is 9.30. The summed E-state index contributed by atoms with van der Waals surface area (Å²) in [5.41, 5.74) is 4.41. The second-order valence-corrected chi connectivity index (χ2v) is 7.23. The van der Waals surface area contributed by atoms with Crippen LogP contribution in [0.4, 0.5) is 0 Å². The van der Waals surface area contributed by atoms with E-state index >= 15 is 0 Å². The summed E-state index contributed by atoms with van der Waals surface area (Å²) in [5, 5.41) is 17.5. The summed E-state index contributed by atoms with van der Waals surface area (Å²) in [7, 11) is 1.59. The number of H-pyrrole nitrogens is 1. The summed E-state index contributed by atoms with van der Waals surface area (Å²) >= 11 is 3.45. The average Bonchev–Trinajstić information content (AvgIpc) is 3.11. The van der Waals surface area contributed by atoms with Gasteiger partial charge in [-0.2, -0.15) is 5.10 Å². The first-order valence-electron chi connectivity index (χ1n) is 8.51. The Hall–Kier alpha value is -3.19. The molecule has 6 nitrogen and oxygen atoms in total. The number of pyridine rings is 1. The number of carbonyl (C=O) groups is 1. The van der Waals surface area contributed by atoms with Crippen LogP contribution in [0.5, 0.6) is 5.75 Å². The van der Waals surface area contributed by atoms with Crippen LogP contribution in [-0.4, -0.2) is 33.4 Å². The van der Waals surface area contributed by atoms with Gasteiger partial charge in [0.25, 0.3) is 0 Å². The summed E-state index contributed by atoms with van der Waals surface area (Å²) in [4.78, 5) is 16.6. The van der Waals surface area contributed by atoms with Crippen LogP contribution in [-0.2, 0) is 0 Å². The molecule has 140 valence electrons. The maximum absolute atomic E-state index is 12.0. The first-order chi connectivity index (χ1) is 13.5. The number of carboxylic acid groups (broad SMARTS) is 1. The van der Waals surface area contributed by atoms with E-state index in [-0.39, 0.29) is 5.56 Å². The van der Waals surface area contributed by atoms with E-state index in [0.29, 0.717) is 28.2 Å². The molecule has 0 atom stereocenters. The number of ether oxygens (including phenoxy) is 1. The molecule has 0 aliphatic heterocycles. The Balaban J connectivity index is 1.92. The van der Waals surface area contributed by atoms with E-state index in [1.54, 1.807) is 19.2 Å². The molecule has 4 aromatic rings. The molecule has 2 aromatic heterocycles. The van der Waals surface area contributed by atoms with Gasteiger partial charge in [0.05, 0.1) is 33.9 Å². The van der Waals surface area contributed by atoms with E-state index in [1.807, 2.05) is 43.3 Å². The van der Waals surface area contributed by atoms with Crippen LogP contribution in [0.15, 0.2) is 53.0 Å². The average molecular weight is 438 g/mol. The lowest BCUT2D eigenvalue weighted by atomic mass is 10.0. The molecule has 0 saturated heterocycles. The van der Waals surface area contributed by atoms with Crippen LogP contribution in [0.3, 0.4) is 0 Å². The number of hydrogen-bond acceptors (Lipinski definition) is 4. The Bertz CT molecular complexity index is 1200. The van der Waals surface area contributed by atoms with Crippen molar-refractivity contribution in [2.45, 2.75) is 6.92 Å². The predicted octanol–water partition coefficient (Wildman–Crippen LogP) is 5.07. The standard InChI is InChI=1S/C21H16BrN3O3/c1-11-3-5-12(6-4-11)19-18-14(21(26)27)10-16(23-20(18)25-24-19)13-7-8-17(28-2)15(22)9-13/h3-10H,1-2H3,(H,26,27)(H,23,24,25). The molecule has 0 fully saturated rings. The monoisotopic (exact) mass is 437 g/mol. The minimum atomic E-state index is -1.03. The molecule has 0 amide bonds. The second kappa shape index (κ2) is 7.09. The van der Waals surface area contributed by atoms with Gasteiger partial charge in [0.1, 0.15) is 5.75 Å². The second-order valence-electron chi connectivity index (χ2n) is 6.37. The quantitative estimate of drug-likeness (QED) is 0.465. The number of methoxy groups -OCH3 is 1. The highest BCUT2D eigenvalue weighted by molar-refractivity contribution is 9.10. The van der Waals surface area contributed by atoms with Gasteiger partial charge in [-0.05, 0) is 47.1 Å². The number of fused-ring (bicyclic) bond motifs is 1. The summed E-state index contributed by atoms with van der Waals surface area (Å²) in [6.07, 6.45) is 0. The molecular weight excluding hydrogens is 422 g/mol. The first kappa shape index (κ1) is 18.2. The summed E-state index contributed by atoms with van der Waals surface area (Å²) in [6, 6.07) is 14.9. The van der Waals surface area contributed by atoms with Gasteiger partial charge in [0.2, 0.25) is 0 Å². The van der Waals surface area contributed by atoms with Gasteiger partial charge >= 0.3 is 5.97 Å². The fraction of sp³-hybridized carbons (Fsp3) is 0.0952. The molecule has 7 heteroatoms.